The summed E-state index contributed by atoms with van der Waals surface area (Å²) in [5.74, 6) is 0.540. The van der Waals surface area contributed by atoms with E-state index in [1.54, 1.807) is 0 Å². The maximum absolute atomic E-state index is 11.4. The minimum absolute atomic E-state index is 0.0640. The Morgan fingerprint density at radius 3 is 2.80 bits per heavy atom. The molecule has 1 amide bonds. The van der Waals surface area contributed by atoms with Gasteiger partial charge in [-0.05, 0) is 30.2 Å². The second kappa shape index (κ2) is 5.17. The number of ether oxygens (including phenoxy) is 1. The smallest absolute Gasteiger partial charge is 0.262 e. The fourth-order valence-corrected chi connectivity index (χ4v) is 2.55. The summed E-state index contributed by atoms with van der Waals surface area (Å²) in [4.78, 5) is 11.4. The average molecular weight is 288 g/mol. The van der Waals surface area contributed by atoms with Crippen molar-refractivity contribution in [2.24, 2.45) is 0 Å². The number of amides is 1. The number of anilines is 1. The van der Waals surface area contributed by atoms with Crippen molar-refractivity contribution in [3.8, 4) is 5.75 Å². The second-order valence-electron chi connectivity index (χ2n) is 4.87. The van der Waals surface area contributed by atoms with Gasteiger partial charge in [0.1, 0.15) is 5.75 Å². The first kappa shape index (κ1) is 13.0. The molecule has 1 N–H and O–H groups in total. The van der Waals surface area contributed by atoms with Crippen molar-refractivity contribution in [2.45, 2.75) is 12.3 Å². The summed E-state index contributed by atoms with van der Waals surface area (Å²) < 4.78 is 5.34. The summed E-state index contributed by atoms with van der Waals surface area (Å²) in [5.41, 5.74) is 3.82. The van der Waals surface area contributed by atoms with Crippen LogP contribution in [-0.2, 0) is 4.79 Å². The van der Waals surface area contributed by atoms with Gasteiger partial charge in [-0.3, -0.25) is 4.79 Å². The number of carbonyl (C=O) groups is 1. The topological polar surface area (TPSA) is 38.3 Å². The molecule has 0 aliphatic carbocycles. The summed E-state index contributed by atoms with van der Waals surface area (Å²) in [7, 11) is 0. The number of hydrogen-bond acceptors (Lipinski definition) is 2. The molecule has 3 rings (SSSR count). The summed E-state index contributed by atoms with van der Waals surface area (Å²) in [6.45, 7) is 2.10. The fourth-order valence-electron chi connectivity index (χ4n) is 2.28. The highest BCUT2D eigenvalue weighted by Gasteiger charge is 2.18. The molecule has 1 aliphatic rings. The van der Waals surface area contributed by atoms with Crippen molar-refractivity contribution in [1.82, 2.24) is 0 Å². The lowest BCUT2D eigenvalue weighted by Gasteiger charge is -2.20. The third-order valence-corrected chi connectivity index (χ3v) is 3.77. The summed E-state index contributed by atoms with van der Waals surface area (Å²) in [6.07, 6.45) is 0. The van der Waals surface area contributed by atoms with Gasteiger partial charge in [-0.2, -0.15) is 0 Å². The van der Waals surface area contributed by atoms with Crippen LogP contribution in [0, 0.1) is 6.92 Å². The van der Waals surface area contributed by atoms with Gasteiger partial charge in [-0.1, -0.05) is 35.9 Å². The quantitative estimate of drug-likeness (QED) is 0.856. The first-order chi connectivity index (χ1) is 9.63. The number of nitrogens with one attached hydrogen (secondary N) is 1. The SMILES string of the molecule is Cc1cccc(C(Cl)c2ccc3c(c2)NC(=O)CO3)c1. The summed E-state index contributed by atoms with van der Waals surface area (Å²) >= 11 is 6.53. The Morgan fingerprint density at radius 1 is 1.20 bits per heavy atom. The molecule has 1 heterocycles. The maximum atomic E-state index is 11.4. The van der Waals surface area contributed by atoms with Gasteiger partial charge in [-0.15, -0.1) is 11.6 Å². The summed E-state index contributed by atoms with van der Waals surface area (Å²) in [6, 6.07) is 13.7. The van der Waals surface area contributed by atoms with Crippen molar-refractivity contribution in [3.63, 3.8) is 0 Å². The number of fused-ring (bicyclic) bond motifs is 1. The third-order valence-electron chi connectivity index (χ3n) is 3.26. The molecule has 20 heavy (non-hydrogen) atoms. The number of alkyl halides is 1. The van der Waals surface area contributed by atoms with Gasteiger partial charge in [0.05, 0.1) is 11.1 Å². The van der Waals surface area contributed by atoms with Crippen LogP contribution in [0.25, 0.3) is 0 Å². The van der Waals surface area contributed by atoms with E-state index in [0.717, 1.165) is 11.1 Å². The van der Waals surface area contributed by atoms with Gasteiger partial charge in [0.15, 0.2) is 6.61 Å². The van der Waals surface area contributed by atoms with Crippen LogP contribution in [-0.4, -0.2) is 12.5 Å². The zero-order valence-electron chi connectivity index (χ0n) is 11.0. The molecule has 0 bridgehead atoms. The van der Waals surface area contributed by atoms with E-state index in [1.807, 2.05) is 43.3 Å². The van der Waals surface area contributed by atoms with Gasteiger partial charge in [-0.25, -0.2) is 0 Å². The van der Waals surface area contributed by atoms with Gasteiger partial charge in [0.2, 0.25) is 0 Å². The van der Waals surface area contributed by atoms with E-state index in [9.17, 15) is 4.79 Å². The van der Waals surface area contributed by atoms with E-state index in [0.29, 0.717) is 11.4 Å². The van der Waals surface area contributed by atoms with Crippen LogP contribution < -0.4 is 10.1 Å². The lowest BCUT2D eigenvalue weighted by Crippen LogP contribution is -2.25. The molecular formula is C16H14ClNO2. The standard InChI is InChI=1S/C16H14ClNO2/c1-10-3-2-4-11(7-10)16(17)12-5-6-14-13(8-12)18-15(19)9-20-14/h2-8,16H,9H2,1H3,(H,18,19). The van der Waals surface area contributed by atoms with Crippen LogP contribution in [0.15, 0.2) is 42.5 Å². The molecule has 1 unspecified atom stereocenters. The third kappa shape index (κ3) is 2.49. The molecule has 0 fully saturated rings. The monoisotopic (exact) mass is 287 g/mol. The number of aryl methyl sites for hydroxylation is 1. The Bertz CT molecular complexity index is 669. The minimum atomic E-state index is -0.251. The highest BCUT2D eigenvalue weighted by atomic mass is 35.5. The van der Waals surface area contributed by atoms with Gasteiger partial charge >= 0.3 is 0 Å². The lowest BCUT2D eigenvalue weighted by molar-refractivity contribution is -0.118. The Balaban J connectivity index is 1.94. The van der Waals surface area contributed by atoms with E-state index in [2.05, 4.69) is 11.4 Å². The van der Waals surface area contributed by atoms with Crippen LogP contribution in [0.1, 0.15) is 22.1 Å². The maximum Gasteiger partial charge on any atom is 0.262 e. The molecule has 0 aromatic heterocycles. The van der Waals surface area contributed by atoms with Crippen LogP contribution in [0.4, 0.5) is 5.69 Å². The summed E-state index contributed by atoms with van der Waals surface area (Å²) in [5, 5.41) is 2.54. The van der Waals surface area contributed by atoms with Crippen molar-refractivity contribution < 1.29 is 9.53 Å². The predicted molar refractivity (Wildman–Crippen MR) is 79.4 cm³/mol. The Morgan fingerprint density at radius 2 is 2.00 bits per heavy atom. The first-order valence-electron chi connectivity index (χ1n) is 6.41. The van der Waals surface area contributed by atoms with Crippen LogP contribution in [0.3, 0.4) is 0 Å². The Hall–Kier alpha value is -2.00. The minimum Gasteiger partial charge on any atom is -0.482 e. The molecule has 3 nitrogen and oxygen atoms in total. The van der Waals surface area contributed by atoms with Crippen molar-refractivity contribution in [1.29, 1.82) is 0 Å². The Kier molecular flexibility index (Phi) is 3.36. The lowest BCUT2D eigenvalue weighted by atomic mass is 10.0. The number of carbonyl (C=O) groups excluding carboxylic acids is 1. The zero-order chi connectivity index (χ0) is 14.1. The number of rotatable bonds is 2. The van der Waals surface area contributed by atoms with Gasteiger partial charge in [0, 0.05) is 0 Å². The van der Waals surface area contributed by atoms with E-state index in [-0.39, 0.29) is 17.9 Å². The van der Waals surface area contributed by atoms with Crippen molar-refractivity contribution in [2.75, 3.05) is 11.9 Å². The molecule has 0 saturated carbocycles. The molecule has 0 spiro atoms. The fraction of sp³-hybridized carbons (Fsp3) is 0.188. The number of benzene rings is 2. The molecule has 4 heteroatoms. The predicted octanol–water partition coefficient (Wildman–Crippen LogP) is 3.65. The Labute approximate surface area is 122 Å². The molecule has 1 aliphatic heterocycles. The van der Waals surface area contributed by atoms with E-state index >= 15 is 0 Å². The number of hydrogen-bond donors (Lipinski definition) is 1. The molecule has 0 saturated heterocycles. The van der Waals surface area contributed by atoms with Crippen LogP contribution >= 0.6 is 11.6 Å². The van der Waals surface area contributed by atoms with Crippen molar-refractivity contribution in [3.05, 3.63) is 59.2 Å². The van der Waals surface area contributed by atoms with Crippen molar-refractivity contribution >= 4 is 23.2 Å². The highest BCUT2D eigenvalue weighted by Crippen LogP contribution is 2.35. The number of halogens is 1. The average Bonchev–Trinajstić information content (AvgIpc) is 2.45. The van der Waals surface area contributed by atoms with E-state index < -0.39 is 0 Å². The second-order valence-corrected chi connectivity index (χ2v) is 5.31. The molecule has 0 radical (unpaired) electrons. The normalized spacial score (nSPS) is 15.0. The highest BCUT2D eigenvalue weighted by molar-refractivity contribution is 6.22. The van der Waals surface area contributed by atoms with Gasteiger partial charge < -0.3 is 10.1 Å². The molecular weight excluding hydrogens is 274 g/mol. The van der Waals surface area contributed by atoms with Crippen LogP contribution in [0.2, 0.25) is 0 Å². The molecule has 1 atom stereocenters. The van der Waals surface area contributed by atoms with Gasteiger partial charge in [0.25, 0.3) is 5.91 Å². The molecule has 2 aromatic carbocycles. The molecule has 2 aromatic rings. The largest absolute Gasteiger partial charge is 0.482 e. The zero-order valence-corrected chi connectivity index (χ0v) is 11.8. The first-order valence-corrected chi connectivity index (χ1v) is 6.84. The molecule has 102 valence electrons. The van der Waals surface area contributed by atoms with Crippen LogP contribution in [0.5, 0.6) is 5.75 Å². The van der Waals surface area contributed by atoms with E-state index in [1.165, 1.54) is 5.56 Å². The van der Waals surface area contributed by atoms with E-state index in [4.69, 9.17) is 16.3 Å².